The Hall–Kier alpha value is -5.86. The quantitative estimate of drug-likeness (QED) is 0.163. The molecule has 0 saturated heterocycles. The molecule has 0 saturated carbocycles. The Morgan fingerprint density at radius 1 is 0.500 bits per heavy atom. The maximum absolute atomic E-state index is 6.44. The van der Waals surface area contributed by atoms with Crippen LogP contribution in [-0.2, 0) is 5.41 Å². The SMILES string of the molecule is CCCC1(CC)c2ccccc2-c2c(N(c3ccc(-c4ccc(-c5ccccc5)cc4)cc3)c3cccc4oc5ccccc5c34)cccc21. The van der Waals surface area contributed by atoms with Gasteiger partial charge < -0.3 is 9.32 Å². The number of rotatable bonds is 8. The lowest BCUT2D eigenvalue weighted by Gasteiger charge is -2.32. The largest absolute Gasteiger partial charge is 0.456 e. The first-order chi connectivity index (χ1) is 24.7. The van der Waals surface area contributed by atoms with Crippen LogP contribution in [0.3, 0.4) is 0 Å². The molecule has 1 aliphatic carbocycles. The molecule has 1 aromatic heterocycles. The Balaban J connectivity index is 1.24. The third kappa shape index (κ3) is 4.70. The van der Waals surface area contributed by atoms with Gasteiger partial charge in [0.25, 0.3) is 0 Å². The normalized spacial score (nSPS) is 14.9. The van der Waals surface area contributed by atoms with Crippen molar-refractivity contribution >= 4 is 39.0 Å². The molecule has 242 valence electrons. The second kappa shape index (κ2) is 12.2. The molecule has 7 aromatic carbocycles. The zero-order valence-corrected chi connectivity index (χ0v) is 28.6. The summed E-state index contributed by atoms with van der Waals surface area (Å²) in [4.78, 5) is 2.47. The summed E-state index contributed by atoms with van der Waals surface area (Å²) in [5.74, 6) is 0. The van der Waals surface area contributed by atoms with Gasteiger partial charge in [-0.1, -0.05) is 148 Å². The smallest absolute Gasteiger partial charge is 0.137 e. The number of nitrogens with zero attached hydrogens (tertiary/aromatic N) is 1. The Bertz CT molecular complexity index is 2470. The fourth-order valence-corrected chi connectivity index (χ4v) is 8.56. The molecule has 50 heavy (non-hydrogen) atoms. The van der Waals surface area contributed by atoms with Gasteiger partial charge in [-0.2, -0.15) is 0 Å². The minimum absolute atomic E-state index is 0.00747. The number of anilines is 3. The minimum Gasteiger partial charge on any atom is -0.456 e. The van der Waals surface area contributed by atoms with Crippen molar-refractivity contribution in [2.24, 2.45) is 0 Å². The van der Waals surface area contributed by atoms with Crippen LogP contribution >= 0.6 is 0 Å². The van der Waals surface area contributed by atoms with E-state index in [2.05, 4.69) is 176 Å². The summed E-state index contributed by atoms with van der Waals surface area (Å²) in [6, 6.07) is 59.5. The van der Waals surface area contributed by atoms with Crippen LogP contribution in [0.2, 0.25) is 0 Å². The molecule has 1 heterocycles. The first-order valence-corrected chi connectivity index (χ1v) is 17.9. The number of hydrogen-bond acceptors (Lipinski definition) is 2. The van der Waals surface area contributed by atoms with E-state index in [4.69, 9.17) is 4.42 Å². The van der Waals surface area contributed by atoms with Crippen LogP contribution in [0.15, 0.2) is 168 Å². The highest BCUT2D eigenvalue weighted by atomic mass is 16.3. The molecule has 2 heteroatoms. The standard InChI is InChI=1S/C48H39NO/c1-3-32-48(4-2)40-18-10-8-16-38(40)46-41(48)19-12-20-42(46)49(43-21-13-23-45-47(43)39-17-9-11-22-44(39)50-45)37-30-28-36(29-31-37)35-26-24-34(25-27-35)33-14-6-5-7-15-33/h5-31H,3-4,32H2,1-2H3. The monoisotopic (exact) mass is 645 g/mol. The fourth-order valence-electron chi connectivity index (χ4n) is 8.56. The molecule has 1 atom stereocenters. The lowest BCUT2D eigenvalue weighted by Crippen LogP contribution is -2.24. The molecule has 1 unspecified atom stereocenters. The molecule has 0 amide bonds. The summed E-state index contributed by atoms with van der Waals surface area (Å²) in [7, 11) is 0. The lowest BCUT2D eigenvalue weighted by molar-refractivity contribution is 0.461. The van der Waals surface area contributed by atoms with Crippen molar-refractivity contribution in [3.05, 3.63) is 175 Å². The van der Waals surface area contributed by atoms with Crippen LogP contribution < -0.4 is 4.90 Å². The molecule has 0 spiro atoms. The van der Waals surface area contributed by atoms with Crippen molar-refractivity contribution in [2.45, 2.75) is 38.5 Å². The van der Waals surface area contributed by atoms with Gasteiger partial charge in [-0.05, 0) is 88.2 Å². The van der Waals surface area contributed by atoms with E-state index >= 15 is 0 Å². The topological polar surface area (TPSA) is 16.4 Å². The van der Waals surface area contributed by atoms with Gasteiger partial charge >= 0.3 is 0 Å². The molecule has 0 bridgehead atoms. The molecule has 2 nitrogen and oxygen atoms in total. The van der Waals surface area contributed by atoms with Crippen molar-refractivity contribution in [1.82, 2.24) is 0 Å². The molecule has 9 rings (SSSR count). The summed E-state index contributed by atoms with van der Waals surface area (Å²) in [5.41, 5.74) is 15.6. The van der Waals surface area contributed by atoms with Gasteiger partial charge in [0, 0.05) is 22.1 Å². The molecule has 1 aliphatic rings. The fraction of sp³-hybridized carbons (Fsp3) is 0.125. The van der Waals surface area contributed by atoms with Crippen molar-refractivity contribution < 1.29 is 4.42 Å². The van der Waals surface area contributed by atoms with Crippen molar-refractivity contribution in [3.8, 4) is 33.4 Å². The number of furan rings is 1. The van der Waals surface area contributed by atoms with Crippen LogP contribution in [0.4, 0.5) is 17.1 Å². The van der Waals surface area contributed by atoms with E-state index in [0.29, 0.717) is 0 Å². The highest BCUT2D eigenvalue weighted by molar-refractivity contribution is 6.14. The molecular weight excluding hydrogens is 607 g/mol. The molecular formula is C48H39NO. The third-order valence-electron chi connectivity index (χ3n) is 10.9. The van der Waals surface area contributed by atoms with E-state index in [-0.39, 0.29) is 5.41 Å². The van der Waals surface area contributed by atoms with Crippen LogP contribution in [-0.4, -0.2) is 0 Å². The van der Waals surface area contributed by atoms with Crippen LogP contribution in [0.25, 0.3) is 55.3 Å². The van der Waals surface area contributed by atoms with Gasteiger partial charge in [0.1, 0.15) is 11.2 Å². The first kappa shape index (κ1) is 30.2. The van der Waals surface area contributed by atoms with Gasteiger partial charge in [0.2, 0.25) is 0 Å². The van der Waals surface area contributed by atoms with Crippen molar-refractivity contribution in [2.75, 3.05) is 4.90 Å². The number of benzene rings is 7. The second-order valence-electron chi connectivity index (χ2n) is 13.5. The first-order valence-electron chi connectivity index (χ1n) is 17.9. The zero-order chi connectivity index (χ0) is 33.7. The second-order valence-corrected chi connectivity index (χ2v) is 13.5. The van der Waals surface area contributed by atoms with Gasteiger partial charge in [-0.15, -0.1) is 0 Å². The molecule has 0 radical (unpaired) electrons. The summed E-state index contributed by atoms with van der Waals surface area (Å²) in [5, 5.41) is 2.25. The summed E-state index contributed by atoms with van der Waals surface area (Å²) < 4.78 is 6.44. The van der Waals surface area contributed by atoms with Gasteiger partial charge in [0.15, 0.2) is 0 Å². The maximum atomic E-state index is 6.44. The van der Waals surface area contributed by atoms with Gasteiger partial charge in [-0.3, -0.25) is 0 Å². The predicted octanol–water partition coefficient (Wildman–Crippen LogP) is 13.9. The number of hydrogen-bond donors (Lipinski definition) is 0. The number of fused-ring (bicyclic) bond motifs is 6. The highest BCUT2D eigenvalue weighted by Gasteiger charge is 2.42. The lowest BCUT2D eigenvalue weighted by atomic mass is 9.72. The molecule has 8 aromatic rings. The van der Waals surface area contributed by atoms with E-state index in [1.807, 2.05) is 6.07 Å². The maximum Gasteiger partial charge on any atom is 0.137 e. The number of para-hydroxylation sites is 1. The Morgan fingerprint density at radius 3 is 1.82 bits per heavy atom. The van der Waals surface area contributed by atoms with E-state index in [0.717, 1.165) is 52.6 Å². The van der Waals surface area contributed by atoms with Gasteiger partial charge in [-0.25, -0.2) is 0 Å². The zero-order valence-electron chi connectivity index (χ0n) is 28.6. The summed E-state index contributed by atoms with van der Waals surface area (Å²) >= 11 is 0. The van der Waals surface area contributed by atoms with Crippen molar-refractivity contribution in [3.63, 3.8) is 0 Å². The van der Waals surface area contributed by atoms with Gasteiger partial charge in [0.05, 0.1) is 16.8 Å². The summed E-state index contributed by atoms with van der Waals surface area (Å²) in [6.07, 6.45) is 3.31. The highest BCUT2D eigenvalue weighted by Crippen LogP contribution is 2.57. The van der Waals surface area contributed by atoms with Crippen molar-refractivity contribution in [1.29, 1.82) is 0 Å². The minimum atomic E-state index is -0.00747. The average molecular weight is 646 g/mol. The van der Waals surface area contributed by atoms with E-state index in [1.54, 1.807) is 0 Å². The molecule has 0 fully saturated rings. The van der Waals surface area contributed by atoms with E-state index in [1.165, 1.54) is 50.2 Å². The molecule has 0 aliphatic heterocycles. The van der Waals surface area contributed by atoms with Crippen LogP contribution in [0.5, 0.6) is 0 Å². The summed E-state index contributed by atoms with van der Waals surface area (Å²) in [6.45, 7) is 4.67. The van der Waals surface area contributed by atoms with Crippen LogP contribution in [0, 0.1) is 0 Å². The molecule has 0 N–H and O–H groups in total. The van der Waals surface area contributed by atoms with Crippen LogP contribution in [0.1, 0.15) is 44.2 Å². The van der Waals surface area contributed by atoms with E-state index < -0.39 is 0 Å². The third-order valence-corrected chi connectivity index (χ3v) is 10.9. The Kier molecular flexibility index (Phi) is 7.39. The van der Waals surface area contributed by atoms with E-state index in [9.17, 15) is 0 Å². The Morgan fingerprint density at radius 2 is 1.08 bits per heavy atom. The Labute approximate surface area is 294 Å². The predicted molar refractivity (Wildman–Crippen MR) is 211 cm³/mol. The average Bonchev–Trinajstić information content (AvgIpc) is 3.70.